The molecule has 1 aromatic heterocycles. The minimum atomic E-state index is 0.441. The molecule has 0 N–H and O–H groups in total. The monoisotopic (exact) mass is 296 g/mol. The zero-order chi connectivity index (χ0) is 14.9. The highest BCUT2D eigenvalue weighted by molar-refractivity contribution is 5.32. The van der Waals surface area contributed by atoms with E-state index in [1.54, 1.807) is 6.33 Å². The van der Waals surface area contributed by atoms with Gasteiger partial charge in [-0.1, -0.05) is 31.2 Å². The average molecular weight is 296 g/mol. The van der Waals surface area contributed by atoms with Crippen molar-refractivity contribution in [2.75, 3.05) is 19.6 Å². The molecule has 4 nitrogen and oxygen atoms in total. The van der Waals surface area contributed by atoms with E-state index in [1.807, 2.05) is 0 Å². The van der Waals surface area contributed by atoms with Gasteiger partial charge in [-0.2, -0.15) is 5.10 Å². The van der Waals surface area contributed by atoms with Crippen LogP contribution in [0.3, 0.4) is 0 Å². The van der Waals surface area contributed by atoms with Gasteiger partial charge in [-0.15, -0.1) is 0 Å². The first-order chi connectivity index (χ1) is 10.8. The van der Waals surface area contributed by atoms with E-state index in [0.29, 0.717) is 12.0 Å². The van der Waals surface area contributed by atoms with Crippen molar-refractivity contribution >= 4 is 0 Å². The molecule has 4 rings (SSSR count). The molecule has 2 aliphatic rings. The Bertz CT molecular complexity index is 617. The molecule has 1 aromatic carbocycles. The SMILES string of the molecule is C[C@H](CN1CCCC1)c1ncnn1C1Cc2ccccc2C1. The minimum Gasteiger partial charge on any atom is -0.303 e. The smallest absolute Gasteiger partial charge is 0.138 e. The van der Waals surface area contributed by atoms with Crippen molar-refractivity contribution in [3.05, 3.63) is 47.5 Å². The summed E-state index contributed by atoms with van der Waals surface area (Å²) in [6.45, 7) is 5.89. The second kappa shape index (κ2) is 5.84. The lowest BCUT2D eigenvalue weighted by molar-refractivity contribution is 0.307. The zero-order valence-corrected chi connectivity index (χ0v) is 13.3. The summed E-state index contributed by atoms with van der Waals surface area (Å²) in [5, 5.41) is 4.56. The summed E-state index contributed by atoms with van der Waals surface area (Å²) in [6, 6.07) is 9.22. The maximum atomic E-state index is 4.59. The van der Waals surface area contributed by atoms with E-state index in [1.165, 1.54) is 37.1 Å². The Kier molecular flexibility index (Phi) is 3.70. The number of hydrogen-bond donors (Lipinski definition) is 0. The molecule has 1 fully saturated rings. The second-order valence-electron chi connectivity index (χ2n) is 6.80. The number of aromatic nitrogens is 3. The fourth-order valence-electron chi connectivity index (χ4n) is 4.04. The van der Waals surface area contributed by atoms with Crippen LogP contribution in [0.25, 0.3) is 0 Å². The molecule has 0 radical (unpaired) electrons. The molecule has 1 saturated heterocycles. The van der Waals surface area contributed by atoms with Gasteiger partial charge in [-0.05, 0) is 49.9 Å². The van der Waals surface area contributed by atoms with Crippen LogP contribution in [0.4, 0.5) is 0 Å². The largest absolute Gasteiger partial charge is 0.303 e. The Morgan fingerprint density at radius 2 is 1.82 bits per heavy atom. The maximum Gasteiger partial charge on any atom is 0.138 e. The number of benzene rings is 1. The third kappa shape index (κ3) is 2.56. The summed E-state index contributed by atoms with van der Waals surface area (Å²) < 4.78 is 2.20. The number of nitrogens with zero attached hydrogens (tertiary/aromatic N) is 4. The van der Waals surface area contributed by atoms with E-state index in [-0.39, 0.29) is 0 Å². The number of fused-ring (bicyclic) bond motifs is 1. The average Bonchev–Trinajstić information content (AvgIpc) is 3.26. The predicted octanol–water partition coefficient (Wildman–Crippen LogP) is 2.82. The molecule has 1 atom stereocenters. The normalized spacial score (nSPS) is 20.4. The number of likely N-dealkylation sites (tertiary alicyclic amines) is 1. The van der Waals surface area contributed by atoms with Crippen LogP contribution in [-0.2, 0) is 12.8 Å². The van der Waals surface area contributed by atoms with Gasteiger partial charge in [0.2, 0.25) is 0 Å². The van der Waals surface area contributed by atoms with E-state index in [0.717, 1.165) is 25.2 Å². The van der Waals surface area contributed by atoms with Crippen LogP contribution >= 0.6 is 0 Å². The highest BCUT2D eigenvalue weighted by atomic mass is 15.4. The van der Waals surface area contributed by atoms with Crippen molar-refractivity contribution in [2.24, 2.45) is 0 Å². The molecule has 0 unspecified atom stereocenters. The molecule has 0 bridgehead atoms. The van der Waals surface area contributed by atoms with E-state index in [4.69, 9.17) is 0 Å². The van der Waals surface area contributed by atoms with Gasteiger partial charge in [0.1, 0.15) is 12.2 Å². The zero-order valence-electron chi connectivity index (χ0n) is 13.3. The summed E-state index contributed by atoms with van der Waals surface area (Å²) in [5.74, 6) is 1.61. The van der Waals surface area contributed by atoms with E-state index >= 15 is 0 Å². The van der Waals surface area contributed by atoms with Gasteiger partial charge in [0.25, 0.3) is 0 Å². The van der Waals surface area contributed by atoms with E-state index in [2.05, 4.69) is 50.9 Å². The Morgan fingerprint density at radius 3 is 2.50 bits per heavy atom. The lowest BCUT2D eigenvalue weighted by atomic mass is 10.1. The summed E-state index contributed by atoms with van der Waals surface area (Å²) in [6.07, 6.45) is 6.60. The third-order valence-electron chi connectivity index (χ3n) is 5.15. The van der Waals surface area contributed by atoms with Crippen LogP contribution in [0.15, 0.2) is 30.6 Å². The third-order valence-corrected chi connectivity index (χ3v) is 5.15. The van der Waals surface area contributed by atoms with Gasteiger partial charge in [0.05, 0.1) is 6.04 Å². The molecule has 22 heavy (non-hydrogen) atoms. The van der Waals surface area contributed by atoms with Crippen LogP contribution in [0, 0.1) is 0 Å². The Labute approximate surface area is 132 Å². The fraction of sp³-hybridized carbons (Fsp3) is 0.556. The van der Waals surface area contributed by atoms with Crippen LogP contribution in [-0.4, -0.2) is 39.3 Å². The van der Waals surface area contributed by atoms with Gasteiger partial charge < -0.3 is 4.90 Å². The molecular weight excluding hydrogens is 272 g/mol. The van der Waals surface area contributed by atoms with Crippen molar-refractivity contribution < 1.29 is 0 Å². The summed E-state index contributed by atoms with van der Waals surface area (Å²) in [7, 11) is 0. The van der Waals surface area contributed by atoms with Gasteiger partial charge in [0.15, 0.2) is 0 Å². The van der Waals surface area contributed by atoms with Crippen LogP contribution in [0.5, 0.6) is 0 Å². The number of hydrogen-bond acceptors (Lipinski definition) is 3. The quantitative estimate of drug-likeness (QED) is 0.870. The van der Waals surface area contributed by atoms with Crippen molar-refractivity contribution in [2.45, 2.75) is 44.6 Å². The van der Waals surface area contributed by atoms with Gasteiger partial charge in [0, 0.05) is 12.5 Å². The lowest BCUT2D eigenvalue weighted by Gasteiger charge is -2.22. The van der Waals surface area contributed by atoms with Crippen molar-refractivity contribution in [3.63, 3.8) is 0 Å². The molecule has 0 amide bonds. The van der Waals surface area contributed by atoms with Gasteiger partial charge in [-0.3, -0.25) is 0 Å². The van der Waals surface area contributed by atoms with Crippen LogP contribution < -0.4 is 0 Å². The molecule has 116 valence electrons. The molecule has 1 aliphatic carbocycles. The topological polar surface area (TPSA) is 34.0 Å². The molecular formula is C18H24N4. The standard InChI is InChI=1S/C18H24N4/c1-14(12-21-8-4-5-9-21)18-19-13-20-22(18)17-10-15-6-2-3-7-16(15)11-17/h2-3,6-7,13-14,17H,4-5,8-12H2,1H3/t14-/m1/s1. The molecule has 4 heteroatoms. The van der Waals surface area contributed by atoms with Crippen molar-refractivity contribution in [1.82, 2.24) is 19.7 Å². The van der Waals surface area contributed by atoms with E-state index < -0.39 is 0 Å². The lowest BCUT2D eigenvalue weighted by Crippen LogP contribution is -2.27. The van der Waals surface area contributed by atoms with Gasteiger partial charge in [-0.25, -0.2) is 9.67 Å². The minimum absolute atomic E-state index is 0.441. The van der Waals surface area contributed by atoms with Crippen LogP contribution in [0.1, 0.15) is 48.7 Å². The first-order valence-corrected chi connectivity index (χ1v) is 8.50. The second-order valence-corrected chi connectivity index (χ2v) is 6.80. The first-order valence-electron chi connectivity index (χ1n) is 8.50. The summed E-state index contributed by atoms with van der Waals surface area (Å²) in [4.78, 5) is 7.15. The fourth-order valence-corrected chi connectivity index (χ4v) is 4.04. The molecule has 2 heterocycles. The van der Waals surface area contributed by atoms with Crippen molar-refractivity contribution in [1.29, 1.82) is 0 Å². The van der Waals surface area contributed by atoms with E-state index in [9.17, 15) is 0 Å². The number of rotatable bonds is 4. The summed E-state index contributed by atoms with van der Waals surface area (Å²) in [5.41, 5.74) is 2.95. The molecule has 0 spiro atoms. The highest BCUT2D eigenvalue weighted by Crippen LogP contribution is 2.31. The predicted molar refractivity (Wildman–Crippen MR) is 87.0 cm³/mol. The Hall–Kier alpha value is -1.68. The molecule has 0 saturated carbocycles. The maximum absolute atomic E-state index is 4.59. The Balaban J connectivity index is 1.51. The molecule has 2 aromatic rings. The molecule has 1 aliphatic heterocycles. The summed E-state index contributed by atoms with van der Waals surface area (Å²) >= 11 is 0. The Morgan fingerprint density at radius 1 is 1.14 bits per heavy atom. The van der Waals surface area contributed by atoms with Gasteiger partial charge >= 0.3 is 0 Å². The highest BCUT2D eigenvalue weighted by Gasteiger charge is 2.27. The first kappa shape index (κ1) is 13.9. The van der Waals surface area contributed by atoms with Crippen molar-refractivity contribution in [3.8, 4) is 0 Å². The van der Waals surface area contributed by atoms with Crippen LogP contribution in [0.2, 0.25) is 0 Å².